The minimum Gasteiger partial charge on any atom is -0.497 e. The average Bonchev–Trinajstić information content (AvgIpc) is 3.34. The van der Waals surface area contributed by atoms with E-state index in [1.807, 2.05) is 92.7 Å². The maximum Gasteiger partial charge on any atom is 0.255 e. The van der Waals surface area contributed by atoms with Crippen LogP contribution in [0.5, 0.6) is 5.75 Å². The van der Waals surface area contributed by atoms with Crippen LogP contribution in [0.1, 0.15) is 29.8 Å². The van der Waals surface area contributed by atoms with Crippen LogP contribution in [0.25, 0.3) is 16.9 Å². The fourth-order valence-corrected chi connectivity index (χ4v) is 3.56. The highest BCUT2D eigenvalue weighted by Crippen LogP contribution is 2.27. The van der Waals surface area contributed by atoms with E-state index in [9.17, 15) is 9.59 Å². The molecule has 7 heteroatoms. The molecule has 0 aliphatic rings. The van der Waals surface area contributed by atoms with Gasteiger partial charge in [-0.2, -0.15) is 5.10 Å². The van der Waals surface area contributed by atoms with E-state index >= 15 is 0 Å². The molecule has 178 valence electrons. The van der Waals surface area contributed by atoms with Crippen LogP contribution in [-0.4, -0.2) is 28.7 Å². The second-order valence-corrected chi connectivity index (χ2v) is 8.43. The highest BCUT2D eigenvalue weighted by Gasteiger charge is 2.19. The molecule has 7 nitrogen and oxygen atoms in total. The van der Waals surface area contributed by atoms with Crippen molar-refractivity contribution in [3.63, 3.8) is 0 Å². The summed E-state index contributed by atoms with van der Waals surface area (Å²) in [7, 11) is 1.60. The first-order valence-corrected chi connectivity index (χ1v) is 11.4. The Kier molecular flexibility index (Phi) is 7.26. The molecule has 0 atom stereocenters. The molecule has 4 aromatic rings. The summed E-state index contributed by atoms with van der Waals surface area (Å²) in [5.74, 6) is 0.266. The molecular formula is C28H28N4O3. The topological polar surface area (TPSA) is 85.2 Å². The van der Waals surface area contributed by atoms with Crippen molar-refractivity contribution < 1.29 is 14.3 Å². The van der Waals surface area contributed by atoms with Gasteiger partial charge in [-0.1, -0.05) is 56.3 Å². The SMILES string of the molecule is COc1cccc(-c2nn(-c3ccccc3)cc2C(=O)NCc2cccc(NC(=O)C(C)C)c2)c1. The van der Waals surface area contributed by atoms with Crippen LogP contribution in [0, 0.1) is 5.92 Å². The lowest BCUT2D eigenvalue weighted by Crippen LogP contribution is -2.23. The van der Waals surface area contributed by atoms with E-state index in [2.05, 4.69) is 10.6 Å². The van der Waals surface area contributed by atoms with E-state index in [0.717, 1.165) is 16.8 Å². The Morgan fingerprint density at radius 1 is 0.971 bits per heavy atom. The van der Waals surface area contributed by atoms with Gasteiger partial charge in [0, 0.05) is 29.9 Å². The second kappa shape index (κ2) is 10.7. The van der Waals surface area contributed by atoms with Crippen LogP contribution in [0.2, 0.25) is 0 Å². The lowest BCUT2D eigenvalue weighted by molar-refractivity contribution is -0.118. The van der Waals surface area contributed by atoms with Crippen molar-refractivity contribution in [3.8, 4) is 22.7 Å². The number of methoxy groups -OCH3 is 1. The van der Waals surface area contributed by atoms with Gasteiger partial charge in [-0.25, -0.2) is 4.68 Å². The van der Waals surface area contributed by atoms with Crippen molar-refractivity contribution in [2.75, 3.05) is 12.4 Å². The number of para-hydroxylation sites is 1. The number of aromatic nitrogens is 2. The van der Waals surface area contributed by atoms with Gasteiger partial charge < -0.3 is 15.4 Å². The number of nitrogens with one attached hydrogen (secondary N) is 2. The Morgan fingerprint density at radius 2 is 1.74 bits per heavy atom. The number of anilines is 1. The molecule has 2 amide bonds. The van der Waals surface area contributed by atoms with E-state index in [1.54, 1.807) is 18.0 Å². The summed E-state index contributed by atoms with van der Waals surface area (Å²) < 4.78 is 7.06. The first-order chi connectivity index (χ1) is 16.9. The number of carbonyl (C=O) groups is 2. The molecular weight excluding hydrogens is 440 g/mol. The van der Waals surface area contributed by atoms with Crippen LogP contribution in [-0.2, 0) is 11.3 Å². The fourth-order valence-electron chi connectivity index (χ4n) is 3.56. The first kappa shape index (κ1) is 23.8. The summed E-state index contributed by atoms with van der Waals surface area (Å²) in [6.45, 7) is 3.99. The largest absolute Gasteiger partial charge is 0.497 e. The zero-order chi connectivity index (χ0) is 24.8. The number of ether oxygens (including phenoxy) is 1. The van der Waals surface area contributed by atoms with Gasteiger partial charge in [0.2, 0.25) is 5.91 Å². The Labute approximate surface area is 204 Å². The predicted molar refractivity (Wildman–Crippen MR) is 137 cm³/mol. The predicted octanol–water partition coefficient (Wildman–Crippen LogP) is 5.07. The van der Waals surface area contributed by atoms with E-state index < -0.39 is 0 Å². The van der Waals surface area contributed by atoms with Crippen molar-refractivity contribution in [3.05, 3.63) is 96.2 Å². The Balaban J connectivity index is 1.59. The highest BCUT2D eigenvalue weighted by molar-refractivity contribution is 6.00. The van der Waals surface area contributed by atoms with E-state index in [1.165, 1.54) is 0 Å². The van der Waals surface area contributed by atoms with E-state index in [4.69, 9.17) is 9.84 Å². The number of rotatable bonds is 8. The van der Waals surface area contributed by atoms with E-state index in [0.29, 0.717) is 29.2 Å². The second-order valence-electron chi connectivity index (χ2n) is 8.43. The van der Waals surface area contributed by atoms with Gasteiger partial charge in [-0.05, 0) is 42.0 Å². The maximum absolute atomic E-state index is 13.3. The molecule has 4 rings (SSSR count). The Bertz CT molecular complexity index is 1330. The highest BCUT2D eigenvalue weighted by atomic mass is 16.5. The summed E-state index contributed by atoms with van der Waals surface area (Å²) >= 11 is 0. The minimum absolute atomic E-state index is 0.0533. The minimum atomic E-state index is -0.248. The number of hydrogen-bond acceptors (Lipinski definition) is 4. The monoisotopic (exact) mass is 468 g/mol. The summed E-state index contributed by atoms with van der Waals surface area (Å²) in [5.41, 5.74) is 4.21. The third-order valence-electron chi connectivity index (χ3n) is 5.49. The number of carbonyl (C=O) groups excluding carboxylic acids is 2. The molecule has 0 radical (unpaired) electrons. The smallest absolute Gasteiger partial charge is 0.255 e. The fraction of sp³-hybridized carbons (Fsp3) is 0.179. The lowest BCUT2D eigenvalue weighted by atomic mass is 10.1. The first-order valence-electron chi connectivity index (χ1n) is 11.4. The number of nitrogens with zero attached hydrogens (tertiary/aromatic N) is 2. The molecule has 3 aromatic carbocycles. The zero-order valence-electron chi connectivity index (χ0n) is 20.0. The molecule has 0 bridgehead atoms. The summed E-state index contributed by atoms with van der Waals surface area (Å²) in [5, 5.41) is 10.6. The van der Waals surface area contributed by atoms with Gasteiger partial charge in [0.15, 0.2) is 0 Å². The molecule has 0 aliphatic carbocycles. The lowest BCUT2D eigenvalue weighted by Gasteiger charge is -2.10. The van der Waals surface area contributed by atoms with E-state index in [-0.39, 0.29) is 17.7 Å². The molecule has 1 heterocycles. The van der Waals surface area contributed by atoms with Gasteiger partial charge in [0.05, 0.1) is 18.4 Å². The van der Waals surface area contributed by atoms with Crippen LogP contribution in [0.3, 0.4) is 0 Å². The quantitative estimate of drug-likeness (QED) is 0.378. The standard InChI is InChI=1S/C28H28N4O3/c1-19(2)27(33)30-22-11-7-9-20(15-22)17-29-28(34)25-18-32(23-12-5-4-6-13-23)31-26(25)21-10-8-14-24(16-21)35-3/h4-16,18-19H,17H2,1-3H3,(H,29,34)(H,30,33). The third-order valence-corrected chi connectivity index (χ3v) is 5.49. The number of amides is 2. The molecule has 35 heavy (non-hydrogen) atoms. The molecule has 0 aliphatic heterocycles. The van der Waals surface area contributed by atoms with Gasteiger partial charge in [-0.3, -0.25) is 9.59 Å². The Morgan fingerprint density at radius 3 is 2.49 bits per heavy atom. The number of hydrogen-bond donors (Lipinski definition) is 2. The number of benzene rings is 3. The molecule has 0 saturated heterocycles. The molecule has 0 spiro atoms. The Hall–Kier alpha value is -4.39. The molecule has 0 unspecified atom stereocenters. The molecule has 2 N–H and O–H groups in total. The zero-order valence-corrected chi connectivity index (χ0v) is 20.0. The summed E-state index contributed by atoms with van der Waals surface area (Å²) in [6.07, 6.45) is 1.73. The normalized spacial score (nSPS) is 10.7. The van der Waals surface area contributed by atoms with Crippen LogP contribution >= 0.6 is 0 Å². The van der Waals surface area contributed by atoms with Gasteiger partial charge >= 0.3 is 0 Å². The third kappa shape index (κ3) is 5.76. The summed E-state index contributed by atoms with van der Waals surface area (Å²) in [4.78, 5) is 25.3. The molecule has 0 fully saturated rings. The van der Waals surface area contributed by atoms with Crippen molar-refractivity contribution in [1.82, 2.24) is 15.1 Å². The van der Waals surface area contributed by atoms with Gasteiger partial charge in [0.25, 0.3) is 5.91 Å². The maximum atomic E-state index is 13.3. The van der Waals surface area contributed by atoms with Crippen molar-refractivity contribution in [2.24, 2.45) is 5.92 Å². The van der Waals surface area contributed by atoms with Crippen molar-refractivity contribution >= 4 is 17.5 Å². The molecule has 1 aromatic heterocycles. The summed E-state index contributed by atoms with van der Waals surface area (Å²) in [6, 6.07) is 24.6. The van der Waals surface area contributed by atoms with Crippen LogP contribution in [0.4, 0.5) is 5.69 Å². The van der Waals surface area contributed by atoms with Gasteiger partial charge in [-0.15, -0.1) is 0 Å². The van der Waals surface area contributed by atoms with Crippen molar-refractivity contribution in [2.45, 2.75) is 20.4 Å². The van der Waals surface area contributed by atoms with Crippen LogP contribution in [0.15, 0.2) is 85.1 Å². The van der Waals surface area contributed by atoms with Gasteiger partial charge in [0.1, 0.15) is 11.4 Å². The average molecular weight is 469 g/mol. The molecule has 0 saturated carbocycles. The van der Waals surface area contributed by atoms with Crippen molar-refractivity contribution in [1.29, 1.82) is 0 Å². The van der Waals surface area contributed by atoms with Crippen LogP contribution < -0.4 is 15.4 Å².